The number of rotatable bonds is 3. The molecule has 6 heteroatoms. The van der Waals surface area contributed by atoms with Gasteiger partial charge >= 0.3 is 0 Å². The van der Waals surface area contributed by atoms with Gasteiger partial charge in [0.05, 0.1) is 11.9 Å². The third-order valence-corrected chi connectivity index (χ3v) is 2.86. The summed E-state index contributed by atoms with van der Waals surface area (Å²) in [4.78, 5) is 4.18. The van der Waals surface area contributed by atoms with Gasteiger partial charge in [0.1, 0.15) is 0 Å². The van der Waals surface area contributed by atoms with E-state index >= 15 is 0 Å². The molecule has 88 valence electrons. The molecule has 3 N–H and O–H groups in total. The summed E-state index contributed by atoms with van der Waals surface area (Å²) >= 11 is 1.46. The zero-order valence-electron chi connectivity index (χ0n) is 9.08. The van der Waals surface area contributed by atoms with E-state index in [4.69, 9.17) is 5.11 Å². The average Bonchev–Trinajstić information content (AvgIpc) is 2.70. The predicted molar refractivity (Wildman–Crippen MR) is 67.8 cm³/mol. The van der Waals surface area contributed by atoms with Crippen LogP contribution in [0.2, 0.25) is 0 Å². The van der Waals surface area contributed by atoms with Crippen molar-refractivity contribution < 1.29 is 10.2 Å². The van der Waals surface area contributed by atoms with Crippen molar-refractivity contribution in [1.82, 2.24) is 4.98 Å². The zero-order valence-corrected chi connectivity index (χ0v) is 9.90. The Kier molecular flexibility index (Phi) is 3.24. The van der Waals surface area contributed by atoms with Crippen LogP contribution in [0.25, 0.3) is 0 Å². The van der Waals surface area contributed by atoms with E-state index < -0.39 is 0 Å². The third kappa shape index (κ3) is 2.94. The van der Waals surface area contributed by atoms with Crippen LogP contribution in [0.5, 0.6) is 11.5 Å². The summed E-state index contributed by atoms with van der Waals surface area (Å²) < 4.78 is 0. The molecule has 1 heterocycles. The van der Waals surface area contributed by atoms with Crippen molar-refractivity contribution in [1.29, 1.82) is 0 Å². The maximum Gasteiger partial charge on any atom is 0.203 e. The molecule has 0 atom stereocenters. The number of thiazole rings is 1. The maximum atomic E-state index is 9.28. The first-order valence-electron chi connectivity index (χ1n) is 4.88. The second-order valence-electron chi connectivity index (χ2n) is 3.41. The minimum absolute atomic E-state index is 0.148. The molecule has 5 nitrogen and oxygen atoms in total. The number of hydrogen-bond acceptors (Lipinski definition) is 6. The van der Waals surface area contributed by atoms with Crippen molar-refractivity contribution in [2.45, 2.75) is 6.92 Å². The van der Waals surface area contributed by atoms with Crippen LogP contribution in [0.3, 0.4) is 0 Å². The van der Waals surface area contributed by atoms with E-state index in [-0.39, 0.29) is 11.5 Å². The van der Waals surface area contributed by atoms with Crippen LogP contribution in [0.4, 0.5) is 5.13 Å². The van der Waals surface area contributed by atoms with Crippen LogP contribution in [0, 0.1) is 6.92 Å². The molecule has 1 aromatic carbocycles. The van der Waals surface area contributed by atoms with E-state index in [2.05, 4.69) is 15.5 Å². The maximum absolute atomic E-state index is 9.28. The lowest BCUT2D eigenvalue weighted by Crippen LogP contribution is -1.89. The number of hydrazone groups is 1. The molecule has 0 radical (unpaired) electrons. The van der Waals surface area contributed by atoms with Crippen LogP contribution in [-0.4, -0.2) is 21.4 Å². The van der Waals surface area contributed by atoms with E-state index in [0.717, 1.165) is 5.69 Å². The quantitative estimate of drug-likeness (QED) is 0.443. The van der Waals surface area contributed by atoms with Gasteiger partial charge in [-0.2, -0.15) is 5.10 Å². The zero-order chi connectivity index (χ0) is 12.3. The number of aryl methyl sites for hydroxylation is 1. The number of hydrogen-bond donors (Lipinski definition) is 3. The van der Waals surface area contributed by atoms with E-state index in [1.807, 2.05) is 12.3 Å². The first-order valence-corrected chi connectivity index (χ1v) is 5.76. The molecule has 0 bridgehead atoms. The van der Waals surface area contributed by atoms with Gasteiger partial charge in [-0.1, -0.05) is 0 Å². The number of phenols is 2. The number of nitrogens with zero attached hydrogens (tertiary/aromatic N) is 2. The van der Waals surface area contributed by atoms with Crippen LogP contribution >= 0.6 is 11.3 Å². The largest absolute Gasteiger partial charge is 0.504 e. The molecule has 1 aromatic heterocycles. The Balaban J connectivity index is 2.03. The minimum atomic E-state index is -0.168. The smallest absolute Gasteiger partial charge is 0.203 e. The predicted octanol–water partition coefficient (Wildman–Crippen LogP) is 2.31. The Bertz CT molecular complexity index is 551. The molecule has 0 fully saturated rings. The second-order valence-corrected chi connectivity index (χ2v) is 4.27. The fraction of sp³-hybridized carbons (Fsp3) is 0.0909. The number of nitrogens with one attached hydrogen (secondary N) is 1. The summed E-state index contributed by atoms with van der Waals surface area (Å²) in [5.74, 6) is -0.315. The van der Waals surface area contributed by atoms with Crippen molar-refractivity contribution in [3.63, 3.8) is 0 Å². The number of aromatic nitrogens is 1. The SMILES string of the molecule is Cc1csc(NN=Cc2ccc(O)c(O)c2)n1. The van der Waals surface area contributed by atoms with Crippen LogP contribution in [-0.2, 0) is 0 Å². The lowest BCUT2D eigenvalue weighted by Gasteiger charge is -1.98. The van der Waals surface area contributed by atoms with Gasteiger partial charge in [0.2, 0.25) is 5.13 Å². The number of anilines is 1. The van der Waals surface area contributed by atoms with Crippen LogP contribution in [0.15, 0.2) is 28.7 Å². The molecule has 0 amide bonds. The molecule has 0 saturated heterocycles. The Morgan fingerprint density at radius 3 is 2.82 bits per heavy atom. The second kappa shape index (κ2) is 4.84. The van der Waals surface area contributed by atoms with Crippen LogP contribution < -0.4 is 5.43 Å². The summed E-state index contributed by atoms with van der Waals surface area (Å²) in [6.07, 6.45) is 1.54. The molecule has 2 rings (SSSR count). The summed E-state index contributed by atoms with van der Waals surface area (Å²) in [5, 5.41) is 25.0. The monoisotopic (exact) mass is 249 g/mol. The highest BCUT2D eigenvalue weighted by Gasteiger charge is 1.98. The van der Waals surface area contributed by atoms with Gasteiger partial charge in [0.25, 0.3) is 0 Å². The average molecular weight is 249 g/mol. The van der Waals surface area contributed by atoms with Crippen molar-refractivity contribution in [3.05, 3.63) is 34.8 Å². The van der Waals surface area contributed by atoms with E-state index in [1.165, 1.54) is 29.7 Å². The Morgan fingerprint density at radius 1 is 1.35 bits per heavy atom. The van der Waals surface area contributed by atoms with Crippen molar-refractivity contribution in [2.24, 2.45) is 5.10 Å². The fourth-order valence-electron chi connectivity index (χ4n) is 1.19. The van der Waals surface area contributed by atoms with E-state index in [1.54, 1.807) is 6.07 Å². The fourth-order valence-corrected chi connectivity index (χ4v) is 1.83. The van der Waals surface area contributed by atoms with Crippen molar-refractivity contribution >= 4 is 22.7 Å². The Labute approximate surface area is 102 Å². The lowest BCUT2D eigenvalue weighted by atomic mass is 10.2. The van der Waals surface area contributed by atoms with Gasteiger partial charge in [0.15, 0.2) is 11.5 Å². The first kappa shape index (κ1) is 11.4. The standard InChI is InChI=1S/C11H11N3O2S/c1-7-6-17-11(13-7)14-12-5-8-2-3-9(15)10(16)4-8/h2-6,15-16H,1H3,(H,13,14). The summed E-state index contributed by atoms with van der Waals surface area (Å²) in [7, 11) is 0. The Morgan fingerprint density at radius 2 is 2.18 bits per heavy atom. The number of benzene rings is 1. The van der Waals surface area contributed by atoms with Gasteiger partial charge in [-0.3, -0.25) is 5.43 Å². The van der Waals surface area contributed by atoms with Crippen molar-refractivity contribution in [3.8, 4) is 11.5 Å². The van der Waals surface area contributed by atoms with Crippen molar-refractivity contribution in [2.75, 3.05) is 5.43 Å². The molecule has 0 aliphatic heterocycles. The summed E-state index contributed by atoms with van der Waals surface area (Å²) in [6, 6.07) is 4.48. The van der Waals surface area contributed by atoms with Gasteiger partial charge in [-0.15, -0.1) is 11.3 Å². The van der Waals surface area contributed by atoms with Gasteiger partial charge in [-0.25, -0.2) is 4.98 Å². The molecular formula is C11H11N3O2S. The summed E-state index contributed by atoms with van der Waals surface area (Å²) in [5.41, 5.74) is 4.40. The molecule has 0 spiro atoms. The topological polar surface area (TPSA) is 77.7 Å². The van der Waals surface area contributed by atoms with Gasteiger partial charge in [0, 0.05) is 5.38 Å². The third-order valence-electron chi connectivity index (χ3n) is 1.99. The molecule has 0 saturated carbocycles. The highest BCUT2D eigenvalue weighted by atomic mass is 32.1. The number of phenolic OH excluding ortho intramolecular Hbond substituents is 2. The molecule has 0 aliphatic rings. The van der Waals surface area contributed by atoms with Crippen LogP contribution in [0.1, 0.15) is 11.3 Å². The van der Waals surface area contributed by atoms with E-state index in [9.17, 15) is 5.11 Å². The lowest BCUT2D eigenvalue weighted by molar-refractivity contribution is 0.403. The van der Waals surface area contributed by atoms with E-state index in [0.29, 0.717) is 10.7 Å². The molecule has 0 aliphatic carbocycles. The molecular weight excluding hydrogens is 238 g/mol. The Hall–Kier alpha value is -2.08. The minimum Gasteiger partial charge on any atom is -0.504 e. The molecule has 17 heavy (non-hydrogen) atoms. The first-order chi connectivity index (χ1) is 8.15. The van der Waals surface area contributed by atoms with Gasteiger partial charge < -0.3 is 10.2 Å². The van der Waals surface area contributed by atoms with Gasteiger partial charge in [-0.05, 0) is 30.7 Å². The highest BCUT2D eigenvalue weighted by molar-refractivity contribution is 7.13. The number of aromatic hydroxyl groups is 2. The highest BCUT2D eigenvalue weighted by Crippen LogP contribution is 2.24. The summed E-state index contributed by atoms with van der Waals surface area (Å²) in [6.45, 7) is 1.91. The molecule has 0 unspecified atom stereocenters. The normalized spacial score (nSPS) is 10.9. The molecule has 2 aromatic rings.